The standard InChI is InChI=1S/C14H26N2O2/c1-9(2)13(15-12(5)17)14(18)16-7-10(3)6-11(4)8-16/h9-11,13H,6-8H2,1-5H3,(H,15,17). The highest BCUT2D eigenvalue weighted by atomic mass is 16.2. The number of amides is 2. The van der Waals surface area contributed by atoms with Crippen LogP contribution in [0.25, 0.3) is 0 Å². The molecule has 0 spiro atoms. The lowest BCUT2D eigenvalue weighted by molar-refractivity contribution is -0.139. The molecular weight excluding hydrogens is 228 g/mol. The Labute approximate surface area is 110 Å². The van der Waals surface area contributed by atoms with E-state index in [0.29, 0.717) is 11.8 Å². The molecule has 0 radical (unpaired) electrons. The molecule has 1 heterocycles. The Kier molecular flexibility index (Phi) is 5.17. The van der Waals surface area contributed by atoms with Gasteiger partial charge in [0.15, 0.2) is 0 Å². The molecule has 0 saturated carbocycles. The molecular formula is C14H26N2O2. The van der Waals surface area contributed by atoms with E-state index in [1.165, 1.54) is 13.3 Å². The number of carbonyl (C=O) groups excluding carboxylic acids is 2. The average Bonchev–Trinajstić information content (AvgIpc) is 2.23. The van der Waals surface area contributed by atoms with E-state index in [4.69, 9.17) is 0 Å². The molecule has 0 bridgehead atoms. The van der Waals surface area contributed by atoms with Crippen molar-refractivity contribution in [2.45, 2.75) is 47.1 Å². The first-order valence-corrected chi connectivity index (χ1v) is 6.87. The largest absolute Gasteiger partial charge is 0.344 e. The molecule has 1 fully saturated rings. The van der Waals surface area contributed by atoms with Crippen molar-refractivity contribution in [1.82, 2.24) is 10.2 Å². The first kappa shape index (κ1) is 15.0. The molecule has 3 unspecified atom stereocenters. The number of carbonyl (C=O) groups is 2. The van der Waals surface area contributed by atoms with Crippen molar-refractivity contribution < 1.29 is 9.59 Å². The molecule has 0 aliphatic carbocycles. The number of hydrogen-bond donors (Lipinski definition) is 1. The third-order valence-corrected chi connectivity index (χ3v) is 3.47. The van der Waals surface area contributed by atoms with E-state index in [-0.39, 0.29) is 23.8 Å². The lowest BCUT2D eigenvalue weighted by Gasteiger charge is -2.37. The highest BCUT2D eigenvalue weighted by Gasteiger charge is 2.32. The molecule has 2 amide bonds. The number of rotatable bonds is 3. The van der Waals surface area contributed by atoms with Crippen molar-refractivity contribution >= 4 is 11.8 Å². The van der Waals surface area contributed by atoms with Gasteiger partial charge in [-0.05, 0) is 24.2 Å². The summed E-state index contributed by atoms with van der Waals surface area (Å²) in [7, 11) is 0. The molecule has 4 heteroatoms. The average molecular weight is 254 g/mol. The fraction of sp³-hybridized carbons (Fsp3) is 0.857. The zero-order valence-corrected chi connectivity index (χ0v) is 12.2. The Morgan fingerprint density at radius 3 is 2.06 bits per heavy atom. The number of nitrogens with zero attached hydrogens (tertiary/aromatic N) is 1. The van der Waals surface area contributed by atoms with Gasteiger partial charge in [-0.2, -0.15) is 0 Å². The van der Waals surface area contributed by atoms with Gasteiger partial charge >= 0.3 is 0 Å². The van der Waals surface area contributed by atoms with Crippen molar-refractivity contribution in [3.8, 4) is 0 Å². The summed E-state index contributed by atoms with van der Waals surface area (Å²) in [5, 5.41) is 2.78. The molecule has 0 aromatic rings. The summed E-state index contributed by atoms with van der Waals surface area (Å²) in [5.74, 6) is 1.14. The second-order valence-electron chi connectivity index (χ2n) is 6.11. The molecule has 104 valence electrons. The summed E-state index contributed by atoms with van der Waals surface area (Å²) in [6, 6.07) is -0.389. The fourth-order valence-corrected chi connectivity index (χ4v) is 2.77. The van der Waals surface area contributed by atoms with Crippen LogP contribution in [0.2, 0.25) is 0 Å². The van der Waals surface area contributed by atoms with Crippen LogP contribution in [0, 0.1) is 17.8 Å². The minimum atomic E-state index is -0.389. The van der Waals surface area contributed by atoms with Crippen LogP contribution in [0.5, 0.6) is 0 Å². The van der Waals surface area contributed by atoms with Gasteiger partial charge in [0, 0.05) is 20.0 Å². The first-order valence-electron chi connectivity index (χ1n) is 6.87. The predicted octanol–water partition coefficient (Wildman–Crippen LogP) is 1.65. The number of hydrogen-bond acceptors (Lipinski definition) is 2. The summed E-state index contributed by atoms with van der Waals surface area (Å²) >= 11 is 0. The zero-order valence-electron chi connectivity index (χ0n) is 12.2. The topological polar surface area (TPSA) is 49.4 Å². The van der Waals surface area contributed by atoms with Gasteiger partial charge in [0.2, 0.25) is 11.8 Å². The Morgan fingerprint density at radius 2 is 1.67 bits per heavy atom. The predicted molar refractivity (Wildman–Crippen MR) is 72.0 cm³/mol. The second kappa shape index (κ2) is 6.21. The lowest BCUT2D eigenvalue weighted by Crippen LogP contribution is -2.54. The maximum absolute atomic E-state index is 12.5. The van der Waals surface area contributed by atoms with Crippen molar-refractivity contribution in [1.29, 1.82) is 0 Å². The molecule has 1 N–H and O–H groups in total. The van der Waals surface area contributed by atoms with E-state index < -0.39 is 0 Å². The van der Waals surface area contributed by atoms with Gasteiger partial charge in [0.1, 0.15) is 6.04 Å². The van der Waals surface area contributed by atoms with Crippen LogP contribution >= 0.6 is 0 Å². The third kappa shape index (κ3) is 4.00. The zero-order chi connectivity index (χ0) is 13.9. The van der Waals surface area contributed by atoms with Gasteiger partial charge in [-0.15, -0.1) is 0 Å². The van der Waals surface area contributed by atoms with E-state index in [0.717, 1.165) is 13.1 Å². The molecule has 0 aromatic carbocycles. The van der Waals surface area contributed by atoms with Gasteiger partial charge in [0.25, 0.3) is 0 Å². The maximum Gasteiger partial charge on any atom is 0.245 e. The van der Waals surface area contributed by atoms with E-state index >= 15 is 0 Å². The molecule has 3 atom stereocenters. The third-order valence-electron chi connectivity index (χ3n) is 3.47. The molecule has 18 heavy (non-hydrogen) atoms. The molecule has 1 rings (SSSR count). The van der Waals surface area contributed by atoms with E-state index in [9.17, 15) is 9.59 Å². The monoisotopic (exact) mass is 254 g/mol. The fourth-order valence-electron chi connectivity index (χ4n) is 2.77. The quantitative estimate of drug-likeness (QED) is 0.832. The Hall–Kier alpha value is -1.06. The van der Waals surface area contributed by atoms with Crippen LogP contribution in [0.15, 0.2) is 0 Å². The molecule has 1 saturated heterocycles. The minimum Gasteiger partial charge on any atom is -0.344 e. The van der Waals surface area contributed by atoms with Crippen LogP contribution in [-0.4, -0.2) is 35.8 Å². The summed E-state index contributed by atoms with van der Waals surface area (Å²) in [6.07, 6.45) is 1.18. The van der Waals surface area contributed by atoms with E-state index in [1.54, 1.807) is 0 Å². The van der Waals surface area contributed by atoms with Gasteiger partial charge in [-0.3, -0.25) is 9.59 Å². The van der Waals surface area contributed by atoms with E-state index in [2.05, 4.69) is 19.2 Å². The van der Waals surface area contributed by atoms with Gasteiger partial charge < -0.3 is 10.2 Å². The van der Waals surface area contributed by atoms with Gasteiger partial charge in [-0.25, -0.2) is 0 Å². The summed E-state index contributed by atoms with van der Waals surface area (Å²) < 4.78 is 0. The number of nitrogens with one attached hydrogen (secondary N) is 1. The van der Waals surface area contributed by atoms with Crippen molar-refractivity contribution in [2.75, 3.05) is 13.1 Å². The van der Waals surface area contributed by atoms with Crippen LogP contribution in [0.3, 0.4) is 0 Å². The van der Waals surface area contributed by atoms with Gasteiger partial charge in [0.05, 0.1) is 0 Å². The lowest BCUT2D eigenvalue weighted by atomic mass is 9.90. The first-order chi connectivity index (χ1) is 8.31. The second-order valence-corrected chi connectivity index (χ2v) is 6.11. The Morgan fingerprint density at radius 1 is 1.17 bits per heavy atom. The molecule has 4 nitrogen and oxygen atoms in total. The number of likely N-dealkylation sites (tertiary alicyclic amines) is 1. The number of piperidine rings is 1. The maximum atomic E-state index is 12.5. The summed E-state index contributed by atoms with van der Waals surface area (Å²) in [6.45, 7) is 11.4. The van der Waals surface area contributed by atoms with Crippen LogP contribution in [-0.2, 0) is 9.59 Å². The smallest absolute Gasteiger partial charge is 0.245 e. The summed E-state index contributed by atoms with van der Waals surface area (Å²) in [4.78, 5) is 25.6. The highest BCUT2D eigenvalue weighted by molar-refractivity contribution is 5.87. The highest BCUT2D eigenvalue weighted by Crippen LogP contribution is 2.22. The summed E-state index contributed by atoms with van der Waals surface area (Å²) in [5.41, 5.74) is 0. The minimum absolute atomic E-state index is 0.0681. The van der Waals surface area contributed by atoms with Crippen LogP contribution in [0.1, 0.15) is 41.0 Å². The normalized spacial score (nSPS) is 26.0. The van der Waals surface area contributed by atoms with Crippen LogP contribution < -0.4 is 5.32 Å². The van der Waals surface area contributed by atoms with Crippen LogP contribution in [0.4, 0.5) is 0 Å². The van der Waals surface area contributed by atoms with Crippen molar-refractivity contribution in [3.63, 3.8) is 0 Å². The van der Waals surface area contributed by atoms with Crippen molar-refractivity contribution in [3.05, 3.63) is 0 Å². The molecule has 1 aliphatic heterocycles. The SMILES string of the molecule is CC(=O)NC(C(=O)N1CC(C)CC(C)C1)C(C)C. The van der Waals surface area contributed by atoms with Gasteiger partial charge in [-0.1, -0.05) is 27.7 Å². The molecule has 1 aliphatic rings. The van der Waals surface area contributed by atoms with E-state index in [1.807, 2.05) is 18.7 Å². The van der Waals surface area contributed by atoms with Crippen molar-refractivity contribution in [2.24, 2.45) is 17.8 Å². The molecule has 0 aromatic heterocycles. The Balaban J connectivity index is 2.72. The Bertz CT molecular complexity index is 305.